The van der Waals surface area contributed by atoms with Crippen LogP contribution in [0.3, 0.4) is 0 Å². The third-order valence-corrected chi connectivity index (χ3v) is 17.9. The number of carboxylic acids is 1. The molecule has 2 bridgehead atoms. The minimum Gasteiger partial charge on any atom is -0.481 e. The molecule has 6 fully saturated rings. The van der Waals surface area contributed by atoms with Crippen molar-refractivity contribution in [2.75, 3.05) is 13.7 Å². The van der Waals surface area contributed by atoms with E-state index in [1.165, 1.54) is 56.1 Å². The van der Waals surface area contributed by atoms with Crippen molar-refractivity contribution in [2.24, 2.45) is 56.2 Å². The highest BCUT2D eigenvalue weighted by atomic mass is 16.6. The second-order valence-corrected chi connectivity index (χ2v) is 20.1. The average Bonchev–Trinajstić information content (AvgIpc) is 3.20. The third-order valence-electron chi connectivity index (χ3n) is 17.9. The van der Waals surface area contributed by atoms with E-state index >= 15 is 0 Å². The van der Waals surface area contributed by atoms with Gasteiger partial charge in [-0.1, -0.05) is 84.6 Å². The van der Waals surface area contributed by atoms with Gasteiger partial charge in [-0.3, -0.25) is 4.79 Å². The Kier molecular flexibility index (Phi) is 9.71. The van der Waals surface area contributed by atoms with Crippen LogP contribution in [0.2, 0.25) is 0 Å². The summed E-state index contributed by atoms with van der Waals surface area (Å²) >= 11 is 0. The Hall–Kier alpha value is -1.47. The summed E-state index contributed by atoms with van der Waals surface area (Å²) in [5.41, 5.74) is 1.78. The molecule has 1 aromatic carbocycles. The van der Waals surface area contributed by atoms with Crippen LogP contribution < -0.4 is 0 Å². The number of benzene rings is 1. The highest BCUT2D eigenvalue weighted by molar-refractivity contribution is 5.74. The fourth-order valence-corrected chi connectivity index (χ4v) is 15.0. The summed E-state index contributed by atoms with van der Waals surface area (Å²) in [6, 6.07) is 8.86. The lowest BCUT2D eigenvalue weighted by Gasteiger charge is -2.76. The maximum absolute atomic E-state index is 12.9. The van der Waals surface area contributed by atoms with Gasteiger partial charge in [0.15, 0.2) is 5.79 Å². The Morgan fingerprint density at radius 3 is 2.29 bits per heavy atom. The van der Waals surface area contributed by atoms with E-state index in [4.69, 9.17) is 9.47 Å². The Labute approximate surface area is 308 Å². The van der Waals surface area contributed by atoms with Crippen LogP contribution in [0, 0.1) is 56.2 Å². The van der Waals surface area contributed by atoms with Gasteiger partial charge in [0.05, 0.1) is 24.2 Å². The van der Waals surface area contributed by atoms with Gasteiger partial charge in [-0.2, -0.15) is 0 Å². The summed E-state index contributed by atoms with van der Waals surface area (Å²) in [5.74, 6) is -1.08. The lowest BCUT2D eigenvalue weighted by molar-refractivity contribution is -0.291. The van der Waals surface area contributed by atoms with Crippen molar-refractivity contribution in [3.8, 4) is 0 Å². The van der Waals surface area contributed by atoms with Gasteiger partial charge in [0.2, 0.25) is 0 Å². The van der Waals surface area contributed by atoms with Crippen molar-refractivity contribution in [2.45, 2.75) is 169 Å². The van der Waals surface area contributed by atoms with E-state index in [2.05, 4.69) is 58.9 Å². The molecule has 1 heterocycles. The summed E-state index contributed by atoms with van der Waals surface area (Å²) in [5, 5.41) is 35.0. The highest BCUT2D eigenvalue weighted by Crippen LogP contribution is 2.81. The number of fused-ring (bicyclic) bond motifs is 7. The first kappa shape index (κ1) is 37.8. The summed E-state index contributed by atoms with van der Waals surface area (Å²) in [4.78, 5) is 12.9. The number of hydrogen-bond acceptors (Lipinski definition) is 5. The summed E-state index contributed by atoms with van der Waals surface area (Å²) in [6.07, 6.45) is 16.5. The number of methoxy groups -OCH3 is 1. The first-order chi connectivity index (χ1) is 24.1. The maximum atomic E-state index is 12.9. The van der Waals surface area contributed by atoms with Crippen LogP contribution in [-0.4, -0.2) is 53.0 Å². The molecule has 3 N–H and O–H groups in total. The van der Waals surface area contributed by atoms with Gasteiger partial charge in [0, 0.05) is 24.9 Å². The Morgan fingerprint density at radius 2 is 1.61 bits per heavy atom. The molecular weight excluding hydrogens is 636 g/mol. The zero-order valence-electron chi connectivity index (χ0n) is 33.1. The van der Waals surface area contributed by atoms with Crippen LogP contribution >= 0.6 is 0 Å². The van der Waals surface area contributed by atoms with Crippen molar-refractivity contribution in [3.05, 3.63) is 35.4 Å². The van der Waals surface area contributed by atoms with E-state index in [0.717, 1.165) is 57.8 Å². The molecule has 286 valence electrons. The molecule has 51 heavy (non-hydrogen) atoms. The number of ether oxygens (including phenoxy) is 2. The number of carbonyl (C=O) groups is 1. The fraction of sp³-hybridized carbons (Fsp3) is 0.844. The SMILES string of the molecule is CCCCCC[C@@]12CC[C@@]3(C)[C@@H]4[C@H](O)C[C@]5(O)O[C@H](Cc6ccc(CCOC)cc6)[C@@]4(CC[C@@H]3[C@@]1(C)CC[C@@]1(C)CC[C@@](C)(C(=O)O)C[C@H]12)[C@H]5C. The predicted molar refractivity (Wildman–Crippen MR) is 201 cm³/mol. The number of hydrogen-bond donors (Lipinski definition) is 3. The first-order valence-corrected chi connectivity index (χ1v) is 21.0. The minimum absolute atomic E-state index is 0.0476. The third kappa shape index (κ3) is 5.48. The zero-order chi connectivity index (χ0) is 36.7. The molecule has 1 spiro atoms. The van der Waals surface area contributed by atoms with Crippen LogP contribution in [0.15, 0.2) is 24.3 Å². The van der Waals surface area contributed by atoms with Gasteiger partial charge >= 0.3 is 5.97 Å². The molecule has 5 aliphatic carbocycles. The lowest BCUT2D eigenvalue weighted by Crippen LogP contribution is -2.71. The maximum Gasteiger partial charge on any atom is 0.309 e. The Balaban J connectivity index is 1.26. The van der Waals surface area contributed by atoms with Crippen LogP contribution in [-0.2, 0) is 27.1 Å². The topological polar surface area (TPSA) is 96.2 Å². The Bertz CT molecular complexity index is 1440. The van der Waals surface area contributed by atoms with E-state index in [9.17, 15) is 20.1 Å². The highest BCUT2D eigenvalue weighted by Gasteiger charge is 2.78. The molecule has 13 atom stereocenters. The lowest BCUT2D eigenvalue weighted by atomic mass is 9.28. The number of unbranched alkanes of at least 4 members (excludes halogenated alkanes) is 3. The largest absolute Gasteiger partial charge is 0.481 e. The Morgan fingerprint density at radius 1 is 0.902 bits per heavy atom. The van der Waals surface area contributed by atoms with Gasteiger partial charge in [0.1, 0.15) is 0 Å². The van der Waals surface area contributed by atoms with Crippen LogP contribution in [0.5, 0.6) is 0 Å². The normalized spacial score (nSPS) is 48.6. The van der Waals surface area contributed by atoms with Gasteiger partial charge in [-0.25, -0.2) is 0 Å². The van der Waals surface area contributed by atoms with Gasteiger partial charge in [-0.15, -0.1) is 0 Å². The van der Waals surface area contributed by atoms with Crippen LogP contribution in [0.25, 0.3) is 0 Å². The minimum atomic E-state index is -1.31. The molecule has 6 heteroatoms. The van der Waals surface area contributed by atoms with E-state index in [-0.39, 0.29) is 51.4 Å². The first-order valence-electron chi connectivity index (χ1n) is 21.0. The molecule has 6 aliphatic rings. The number of carboxylic acid groups (broad SMARTS) is 1. The van der Waals surface area contributed by atoms with Gasteiger partial charge < -0.3 is 24.8 Å². The molecule has 1 aliphatic heterocycles. The van der Waals surface area contributed by atoms with Gasteiger partial charge in [-0.05, 0) is 135 Å². The van der Waals surface area contributed by atoms with Crippen LogP contribution in [0.1, 0.15) is 149 Å². The molecule has 1 aromatic rings. The van der Waals surface area contributed by atoms with Crippen molar-refractivity contribution in [1.29, 1.82) is 0 Å². The number of aliphatic hydroxyl groups is 2. The van der Waals surface area contributed by atoms with Crippen molar-refractivity contribution >= 4 is 5.97 Å². The van der Waals surface area contributed by atoms with Crippen molar-refractivity contribution < 1.29 is 29.6 Å². The van der Waals surface area contributed by atoms with Crippen molar-refractivity contribution in [1.82, 2.24) is 0 Å². The van der Waals surface area contributed by atoms with E-state index < -0.39 is 23.3 Å². The zero-order valence-corrected chi connectivity index (χ0v) is 33.1. The fourth-order valence-electron chi connectivity index (χ4n) is 15.0. The number of aliphatic carboxylic acids is 1. The predicted octanol–water partition coefficient (Wildman–Crippen LogP) is 9.37. The van der Waals surface area contributed by atoms with Crippen LogP contribution in [0.4, 0.5) is 0 Å². The second kappa shape index (κ2) is 13.1. The smallest absolute Gasteiger partial charge is 0.309 e. The number of rotatable bonds is 11. The monoisotopic (exact) mass is 707 g/mol. The van der Waals surface area contributed by atoms with E-state index in [0.29, 0.717) is 18.4 Å². The summed E-state index contributed by atoms with van der Waals surface area (Å²) < 4.78 is 12.1. The van der Waals surface area contributed by atoms with Crippen molar-refractivity contribution in [3.63, 3.8) is 0 Å². The van der Waals surface area contributed by atoms with E-state index in [1.807, 2.05) is 6.92 Å². The molecule has 6 nitrogen and oxygen atoms in total. The van der Waals surface area contributed by atoms with E-state index in [1.54, 1.807) is 7.11 Å². The summed E-state index contributed by atoms with van der Waals surface area (Å²) in [7, 11) is 1.74. The molecule has 0 aromatic heterocycles. The quantitative estimate of drug-likeness (QED) is 0.199. The summed E-state index contributed by atoms with van der Waals surface area (Å²) in [6.45, 7) is 15.0. The van der Waals surface area contributed by atoms with Gasteiger partial charge in [0.25, 0.3) is 0 Å². The second-order valence-electron chi connectivity index (χ2n) is 20.1. The molecule has 0 radical (unpaired) electrons. The molecule has 0 unspecified atom stereocenters. The molecule has 7 rings (SSSR count). The molecule has 5 saturated carbocycles. The number of aliphatic hydroxyl groups excluding tert-OH is 1. The molecular formula is C45H70O6. The molecule has 0 amide bonds. The standard InChI is InChI=1S/C45H70O6/c1-8-9-10-11-18-43-25-23-41(5)34(42(43,6)24-22-39(3)20-21-40(4,38(47)48)29-35(39)43)16-19-44-30(2)45(49,28-33(46)37(41)44)51-36(44)27-32-14-12-31(13-15-32)17-26-50-7/h12-15,30,33-37,46,49H,8-11,16-29H2,1-7H3,(H,47,48)/t30-,33-,34+,35-,36-,37+,39-,40-,41-,42-,43+,44-,45+/m1/s1. The average molecular weight is 707 g/mol. The molecule has 1 saturated heterocycles.